The first-order valence-electron chi connectivity index (χ1n) is 7.39. The predicted octanol–water partition coefficient (Wildman–Crippen LogP) is 2.57. The summed E-state index contributed by atoms with van der Waals surface area (Å²) in [6, 6.07) is 10.8. The molecule has 9 heteroatoms. The molecular formula is C16H16F3N5O. The lowest BCUT2D eigenvalue weighted by atomic mass is 10.3. The number of carbonyl (C=O) groups is 1. The zero-order valence-electron chi connectivity index (χ0n) is 13.4. The van der Waals surface area contributed by atoms with Gasteiger partial charge in [-0.2, -0.15) is 23.5 Å². The number of halogens is 3. The van der Waals surface area contributed by atoms with Crippen molar-refractivity contribution in [2.75, 3.05) is 25.5 Å². The van der Waals surface area contributed by atoms with Gasteiger partial charge in [0.15, 0.2) is 5.82 Å². The third-order valence-electron chi connectivity index (χ3n) is 3.34. The van der Waals surface area contributed by atoms with Crippen molar-refractivity contribution in [3.05, 3.63) is 42.1 Å². The number of anilines is 1. The van der Waals surface area contributed by atoms with Crippen LogP contribution in [0.3, 0.4) is 0 Å². The van der Waals surface area contributed by atoms with Crippen molar-refractivity contribution in [3.63, 3.8) is 0 Å². The van der Waals surface area contributed by atoms with E-state index in [0.29, 0.717) is 5.69 Å². The molecular weight excluding hydrogens is 335 g/mol. The summed E-state index contributed by atoms with van der Waals surface area (Å²) in [7, 11) is 1.42. The third kappa shape index (κ3) is 5.32. The molecule has 1 aromatic carbocycles. The van der Waals surface area contributed by atoms with Crippen LogP contribution in [0.2, 0.25) is 0 Å². The number of rotatable bonds is 6. The second-order valence-electron chi connectivity index (χ2n) is 5.42. The smallest absolute Gasteiger partial charge is 0.308 e. The Labute approximate surface area is 142 Å². The van der Waals surface area contributed by atoms with Gasteiger partial charge in [0, 0.05) is 6.54 Å². The number of hydrogen-bond donors (Lipinski definition) is 1. The summed E-state index contributed by atoms with van der Waals surface area (Å²) >= 11 is 0. The average molecular weight is 351 g/mol. The number of para-hydroxylation sites is 1. The molecule has 1 N–H and O–H groups in total. The van der Waals surface area contributed by atoms with Gasteiger partial charge in [-0.15, -0.1) is 0 Å². The van der Waals surface area contributed by atoms with Gasteiger partial charge in [-0.3, -0.25) is 9.69 Å². The van der Waals surface area contributed by atoms with Gasteiger partial charge in [0.2, 0.25) is 5.91 Å². The highest BCUT2D eigenvalue weighted by Gasteiger charge is 2.27. The van der Waals surface area contributed by atoms with Crippen LogP contribution in [0, 0.1) is 11.3 Å². The van der Waals surface area contributed by atoms with E-state index in [0.717, 1.165) is 0 Å². The number of nitriles is 1. The van der Waals surface area contributed by atoms with Crippen LogP contribution in [0.15, 0.2) is 36.5 Å². The molecule has 0 spiro atoms. The minimum atomic E-state index is -4.27. The second kappa shape index (κ2) is 7.81. The second-order valence-corrected chi connectivity index (χ2v) is 5.42. The first kappa shape index (κ1) is 18.5. The van der Waals surface area contributed by atoms with Crippen molar-refractivity contribution in [1.82, 2.24) is 14.7 Å². The summed E-state index contributed by atoms with van der Waals surface area (Å²) in [5.41, 5.74) is 0.805. The van der Waals surface area contributed by atoms with Crippen LogP contribution in [-0.4, -0.2) is 46.9 Å². The Morgan fingerprint density at radius 3 is 2.64 bits per heavy atom. The number of nitrogens with one attached hydrogen (secondary N) is 1. The summed E-state index contributed by atoms with van der Waals surface area (Å²) in [6.45, 7) is -0.527. The number of likely N-dealkylation sites (N-methyl/N-ethyl adjacent to an activating group) is 1. The number of alkyl halides is 3. The molecule has 0 saturated heterocycles. The molecule has 6 nitrogen and oxygen atoms in total. The Balaban J connectivity index is 2.08. The van der Waals surface area contributed by atoms with Gasteiger partial charge < -0.3 is 5.32 Å². The maximum atomic E-state index is 12.2. The first-order chi connectivity index (χ1) is 11.8. The lowest BCUT2D eigenvalue weighted by molar-refractivity contribution is -0.138. The van der Waals surface area contributed by atoms with Crippen molar-refractivity contribution < 1.29 is 18.0 Å². The van der Waals surface area contributed by atoms with Crippen LogP contribution in [0.1, 0.15) is 12.0 Å². The quantitative estimate of drug-likeness (QED) is 0.868. The molecule has 2 rings (SSSR count). The van der Waals surface area contributed by atoms with E-state index in [9.17, 15) is 18.0 Å². The van der Waals surface area contributed by atoms with Crippen molar-refractivity contribution in [2.45, 2.75) is 12.6 Å². The van der Waals surface area contributed by atoms with E-state index in [1.165, 1.54) is 22.8 Å². The maximum Gasteiger partial charge on any atom is 0.390 e. The van der Waals surface area contributed by atoms with Crippen molar-refractivity contribution in [3.8, 4) is 11.8 Å². The summed E-state index contributed by atoms with van der Waals surface area (Å²) in [6.07, 6.45) is -3.96. The zero-order valence-corrected chi connectivity index (χ0v) is 13.4. The van der Waals surface area contributed by atoms with E-state index in [4.69, 9.17) is 5.26 Å². The predicted molar refractivity (Wildman–Crippen MR) is 85.1 cm³/mol. The van der Waals surface area contributed by atoms with E-state index >= 15 is 0 Å². The SMILES string of the molecule is CN(CCC(F)(F)F)CC(=O)Nc1c(C#N)cnn1-c1ccccc1. The molecule has 0 aliphatic heterocycles. The Bertz CT molecular complexity index is 764. The molecule has 0 atom stereocenters. The molecule has 0 aliphatic rings. The zero-order chi connectivity index (χ0) is 18.4. The van der Waals surface area contributed by atoms with E-state index in [1.807, 2.05) is 12.1 Å². The number of amides is 1. The summed E-state index contributed by atoms with van der Waals surface area (Å²) in [5, 5.41) is 15.8. The van der Waals surface area contributed by atoms with Gasteiger partial charge >= 0.3 is 6.18 Å². The number of nitrogens with zero attached hydrogens (tertiary/aromatic N) is 4. The molecule has 1 heterocycles. The standard InChI is InChI=1S/C16H16F3N5O/c1-23(8-7-16(17,18)19)11-14(25)22-15-12(9-20)10-21-24(15)13-5-3-2-4-6-13/h2-6,10H,7-8,11H2,1H3,(H,22,25). The molecule has 0 radical (unpaired) electrons. The summed E-state index contributed by atoms with van der Waals surface area (Å²) in [5.74, 6) is -0.346. The minimum Gasteiger partial charge on any atom is -0.308 e. The molecule has 132 valence electrons. The third-order valence-corrected chi connectivity index (χ3v) is 3.34. The Kier molecular flexibility index (Phi) is 5.77. The number of carbonyl (C=O) groups excluding carboxylic acids is 1. The van der Waals surface area contributed by atoms with E-state index in [2.05, 4.69) is 10.4 Å². The van der Waals surface area contributed by atoms with Gasteiger partial charge in [0.05, 0.1) is 24.8 Å². The number of hydrogen-bond acceptors (Lipinski definition) is 4. The molecule has 1 amide bonds. The van der Waals surface area contributed by atoms with Crippen LogP contribution >= 0.6 is 0 Å². The Morgan fingerprint density at radius 2 is 2.04 bits per heavy atom. The van der Waals surface area contributed by atoms with E-state index < -0.39 is 18.5 Å². The molecule has 2 aromatic rings. The summed E-state index contributed by atoms with van der Waals surface area (Å²) in [4.78, 5) is 13.4. The average Bonchev–Trinajstić information content (AvgIpc) is 2.95. The van der Waals surface area contributed by atoms with Crippen LogP contribution in [-0.2, 0) is 4.79 Å². The Morgan fingerprint density at radius 1 is 1.36 bits per heavy atom. The lowest BCUT2D eigenvalue weighted by Crippen LogP contribution is -2.33. The Hall–Kier alpha value is -2.86. The molecule has 0 aliphatic carbocycles. The fraction of sp³-hybridized carbons (Fsp3) is 0.312. The molecule has 0 bridgehead atoms. The van der Waals surface area contributed by atoms with Crippen molar-refractivity contribution in [1.29, 1.82) is 5.26 Å². The molecule has 0 fully saturated rings. The van der Waals surface area contributed by atoms with Gasteiger partial charge in [-0.05, 0) is 19.2 Å². The highest BCUT2D eigenvalue weighted by atomic mass is 19.4. The fourth-order valence-corrected chi connectivity index (χ4v) is 2.13. The largest absolute Gasteiger partial charge is 0.390 e. The molecule has 0 saturated carbocycles. The monoisotopic (exact) mass is 351 g/mol. The molecule has 25 heavy (non-hydrogen) atoms. The van der Waals surface area contributed by atoms with Gasteiger partial charge in [-0.25, -0.2) is 4.68 Å². The van der Waals surface area contributed by atoms with E-state index in [1.54, 1.807) is 24.3 Å². The number of benzene rings is 1. The normalized spacial score (nSPS) is 11.4. The van der Waals surface area contributed by atoms with Crippen molar-refractivity contribution >= 4 is 11.7 Å². The number of aromatic nitrogens is 2. The minimum absolute atomic E-state index is 0.162. The van der Waals surface area contributed by atoms with Crippen LogP contribution in [0.5, 0.6) is 0 Å². The lowest BCUT2D eigenvalue weighted by Gasteiger charge is -2.17. The van der Waals surface area contributed by atoms with Crippen LogP contribution in [0.25, 0.3) is 5.69 Å². The molecule has 0 unspecified atom stereocenters. The topological polar surface area (TPSA) is 74.0 Å². The van der Waals surface area contributed by atoms with E-state index in [-0.39, 0.29) is 24.5 Å². The van der Waals surface area contributed by atoms with Crippen LogP contribution in [0.4, 0.5) is 19.0 Å². The molecule has 1 aromatic heterocycles. The highest BCUT2D eigenvalue weighted by Crippen LogP contribution is 2.20. The fourth-order valence-electron chi connectivity index (χ4n) is 2.13. The summed E-state index contributed by atoms with van der Waals surface area (Å²) < 4.78 is 38.1. The van der Waals surface area contributed by atoms with Crippen molar-refractivity contribution in [2.24, 2.45) is 0 Å². The van der Waals surface area contributed by atoms with Crippen LogP contribution < -0.4 is 5.32 Å². The maximum absolute atomic E-state index is 12.2. The van der Waals surface area contributed by atoms with Gasteiger partial charge in [0.25, 0.3) is 0 Å². The van der Waals surface area contributed by atoms with Gasteiger partial charge in [-0.1, -0.05) is 18.2 Å². The first-order valence-corrected chi connectivity index (χ1v) is 7.39. The highest BCUT2D eigenvalue weighted by molar-refractivity contribution is 5.92. The van der Waals surface area contributed by atoms with Gasteiger partial charge in [0.1, 0.15) is 11.6 Å².